The number of benzene rings is 5. The van der Waals surface area contributed by atoms with Crippen LogP contribution in [0.1, 0.15) is 58.2 Å². The monoisotopic (exact) mass is 927 g/mol. The normalized spacial score (nSPS) is 12.1. The summed E-state index contributed by atoms with van der Waals surface area (Å²) in [5.41, 5.74) is 10.2. The van der Waals surface area contributed by atoms with E-state index in [1.54, 1.807) is 6.20 Å². The third-order valence-corrected chi connectivity index (χ3v) is 10.2. The number of hydrogen-bond acceptors (Lipinski definition) is 5. The molecule has 0 aliphatic carbocycles. The molecule has 0 saturated heterocycles. The van der Waals surface area contributed by atoms with Gasteiger partial charge in [0.2, 0.25) is 5.88 Å². The van der Waals surface area contributed by atoms with E-state index in [4.69, 9.17) is 18.6 Å². The summed E-state index contributed by atoms with van der Waals surface area (Å²) in [6, 6.07) is 44.3. The topological polar surface area (TPSA) is 61.3 Å². The van der Waals surface area contributed by atoms with Crippen molar-refractivity contribution in [3.05, 3.63) is 144 Å². The molecule has 0 fully saturated rings. The zero-order valence-corrected chi connectivity index (χ0v) is 35.6. The quantitative estimate of drug-likeness (QED) is 0.149. The molecule has 286 valence electrons. The Labute approximate surface area is 348 Å². The minimum absolute atomic E-state index is 0. The molecule has 4 aromatic heterocycles. The van der Waals surface area contributed by atoms with Crippen molar-refractivity contribution in [3.8, 4) is 45.5 Å². The fraction of sp³-hybridized carbons (Fsp3) is 0.216. The summed E-state index contributed by atoms with van der Waals surface area (Å²) in [4.78, 5) is 9.69. The molecule has 57 heavy (non-hydrogen) atoms. The Hall–Kier alpha value is -5.51. The van der Waals surface area contributed by atoms with Crippen LogP contribution in [0.3, 0.4) is 0 Å². The summed E-state index contributed by atoms with van der Waals surface area (Å²) in [5, 5.41) is 5.26. The summed E-state index contributed by atoms with van der Waals surface area (Å²) in [7, 11) is 0. The molecule has 9 aromatic rings. The maximum atomic E-state index is 6.85. The van der Waals surface area contributed by atoms with Crippen LogP contribution in [-0.4, -0.2) is 9.97 Å². The fourth-order valence-electron chi connectivity index (χ4n) is 7.86. The van der Waals surface area contributed by atoms with E-state index >= 15 is 0 Å². The number of pyridine rings is 2. The third-order valence-electron chi connectivity index (χ3n) is 10.2. The number of fused-ring (bicyclic) bond motifs is 6. The van der Waals surface area contributed by atoms with Gasteiger partial charge in [-0.25, -0.2) is 0 Å². The molecule has 9 rings (SSSR count). The predicted molar refractivity (Wildman–Crippen MR) is 228 cm³/mol. The zero-order chi connectivity index (χ0) is 38.8. The van der Waals surface area contributed by atoms with E-state index in [9.17, 15) is 0 Å². The molecular formula is C51H44N2O3Pt. The van der Waals surface area contributed by atoms with Gasteiger partial charge in [0.25, 0.3) is 0 Å². The van der Waals surface area contributed by atoms with Crippen molar-refractivity contribution in [3.63, 3.8) is 0 Å². The van der Waals surface area contributed by atoms with Gasteiger partial charge in [0.15, 0.2) is 0 Å². The largest absolute Gasteiger partial charge is 2.00 e. The van der Waals surface area contributed by atoms with Gasteiger partial charge in [-0.2, -0.15) is 0 Å². The van der Waals surface area contributed by atoms with E-state index in [-0.39, 0.29) is 31.9 Å². The van der Waals surface area contributed by atoms with Crippen molar-refractivity contribution < 1.29 is 34.6 Å². The molecule has 0 bridgehead atoms. The number of nitrogens with zero attached hydrogens (tertiary/aromatic N) is 2. The average Bonchev–Trinajstić information content (AvgIpc) is 3.70. The molecule has 4 heterocycles. The van der Waals surface area contributed by atoms with Crippen molar-refractivity contribution in [1.29, 1.82) is 0 Å². The standard InChI is InChI=1S/C51H44N2O3.Pt/c1-31-38-20-18-32(29-50(2,3)4)23-44(38)55-48(31)36-27-43(53-46(28-36)54-37-15-12-14-35(25-37)42-17-10-11-22-52-42)41-26-34-13-8-9-16-39(34)47-40-21-19-33(30-51(5,6)7)24-45(40)56-49(41)47;/h8-24,27-28H,29-30H2,1-7H3;/q-2;+2. The maximum absolute atomic E-state index is 6.85. The molecule has 0 atom stereocenters. The SMILES string of the molecule is Cc1c(-c2cc(Oc3[c-]c(-c4ccccn4)ccc3)nc(-c3[c-]c4ccccc4c4c3oc3cc(CC(C)(C)C)ccc34)c2)oc2cc(CC(C)(C)C)ccc12.[Pt+2]. The Bertz CT molecular complexity index is 2930. The van der Waals surface area contributed by atoms with E-state index in [0.29, 0.717) is 17.3 Å². The molecule has 0 N–H and O–H groups in total. The Morgan fingerprint density at radius 1 is 0.649 bits per heavy atom. The number of ether oxygens (including phenoxy) is 1. The molecule has 0 saturated carbocycles. The molecule has 6 heteroatoms. The first-order valence-corrected chi connectivity index (χ1v) is 19.3. The van der Waals surface area contributed by atoms with Gasteiger partial charge in [-0.15, -0.1) is 41.3 Å². The zero-order valence-electron chi connectivity index (χ0n) is 33.3. The van der Waals surface area contributed by atoms with E-state index < -0.39 is 0 Å². The van der Waals surface area contributed by atoms with Crippen LogP contribution in [0.15, 0.2) is 124 Å². The summed E-state index contributed by atoms with van der Waals surface area (Å²) in [5.74, 6) is 1.69. The van der Waals surface area contributed by atoms with Gasteiger partial charge in [-0.1, -0.05) is 119 Å². The number of aryl methyl sites for hydroxylation is 1. The molecule has 0 aliphatic heterocycles. The van der Waals surface area contributed by atoms with Gasteiger partial charge in [0.1, 0.15) is 16.9 Å². The van der Waals surface area contributed by atoms with Crippen LogP contribution in [0.4, 0.5) is 0 Å². The predicted octanol–water partition coefficient (Wildman–Crippen LogP) is 14.2. The van der Waals surface area contributed by atoms with Crippen LogP contribution in [-0.2, 0) is 33.9 Å². The second-order valence-corrected chi connectivity index (χ2v) is 17.4. The molecule has 5 aromatic carbocycles. The molecule has 0 amide bonds. The van der Waals surface area contributed by atoms with Crippen LogP contribution in [0.2, 0.25) is 0 Å². The molecule has 0 unspecified atom stereocenters. The third kappa shape index (κ3) is 7.78. The molecule has 5 nitrogen and oxygen atoms in total. The number of furan rings is 2. The minimum atomic E-state index is 0. The van der Waals surface area contributed by atoms with Gasteiger partial charge in [0.05, 0.1) is 5.58 Å². The van der Waals surface area contributed by atoms with Crippen molar-refractivity contribution in [1.82, 2.24) is 9.97 Å². The molecule has 0 radical (unpaired) electrons. The van der Waals surface area contributed by atoms with Gasteiger partial charge in [0, 0.05) is 45.6 Å². The van der Waals surface area contributed by atoms with Gasteiger partial charge in [-0.05, 0) is 71.0 Å². The van der Waals surface area contributed by atoms with Gasteiger partial charge < -0.3 is 18.6 Å². The van der Waals surface area contributed by atoms with E-state index in [2.05, 4.69) is 126 Å². The molecular weight excluding hydrogens is 884 g/mol. The Kier molecular flexibility index (Phi) is 9.94. The number of hydrogen-bond donors (Lipinski definition) is 0. The van der Waals surface area contributed by atoms with E-state index in [0.717, 1.165) is 90.2 Å². The average molecular weight is 928 g/mol. The van der Waals surface area contributed by atoms with Crippen LogP contribution in [0, 0.1) is 29.9 Å². The van der Waals surface area contributed by atoms with Crippen LogP contribution in [0.25, 0.3) is 77.5 Å². The Balaban J connectivity index is 0.00000455. The van der Waals surface area contributed by atoms with Crippen molar-refractivity contribution in [2.45, 2.75) is 61.3 Å². The maximum Gasteiger partial charge on any atom is 2.00 e. The summed E-state index contributed by atoms with van der Waals surface area (Å²) < 4.78 is 20.2. The van der Waals surface area contributed by atoms with E-state index in [1.807, 2.05) is 48.5 Å². The fourth-order valence-corrected chi connectivity index (χ4v) is 7.86. The number of aromatic nitrogens is 2. The first-order valence-electron chi connectivity index (χ1n) is 19.3. The molecule has 0 spiro atoms. The smallest absolute Gasteiger partial charge is 0.491 e. The van der Waals surface area contributed by atoms with Crippen LogP contribution < -0.4 is 4.74 Å². The van der Waals surface area contributed by atoms with Crippen molar-refractivity contribution in [2.24, 2.45) is 10.8 Å². The van der Waals surface area contributed by atoms with Crippen LogP contribution >= 0.6 is 0 Å². The first kappa shape index (κ1) is 38.4. The number of rotatable bonds is 7. The van der Waals surface area contributed by atoms with E-state index in [1.165, 1.54) is 11.1 Å². The second kappa shape index (κ2) is 14.8. The van der Waals surface area contributed by atoms with Crippen molar-refractivity contribution in [2.75, 3.05) is 0 Å². The first-order chi connectivity index (χ1) is 26.8. The minimum Gasteiger partial charge on any atom is -0.491 e. The van der Waals surface area contributed by atoms with Crippen LogP contribution in [0.5, 0.6) is 11.6 Å². The summed E-state index contributed by atoms with van der Waals surface area (Å²) in [6.07, 6.45) is 3.67. The second-order valence-electron chi connectivity index (χ2n) is 17.4. The Morgan fingerprint density at radius 3 is 2.07 bits per heavy atom. The van der Waals surface area contributed by atoms with Crippen molar-refractivity contribution >= 4 is 43.7 Å². The summed E-state index contributed by atoms with van der Waals surface area (Å²) >= 11 is 0. The Morgan fingerprint density at radius 2 is 1.35 bits per heavy atom. The van der Waals surface area contributed by atoms with Gasteiger partial charge >= 0.3 is 21.1 Å². The van der Waals surface area contributed by atoms with Gasteiger partial charge in [-0.3, -0.25) is 4.98 Å². The summed E-state index contributed by atoms with van der Waals surface area (Å²) in [6.45, 7) is 15.7. The molecule has 0 aliphatic rings.